The summed E-state index contributed by atoms with van der Waals surface area (Å²) in [5, 5.41) is 2.77. The van der Waals surface area contributed by atoms with Crippen molar-refractivity contribution in [3.63, 3.8) is 0 Å². The highest BCUT2D eigenvalue weighted by Crippen LogP contribution is 2.36. The molecule has 3 aromatic heterocycles. The average Bonchev–Trinajstić information content (AvgIpc) is 3.28. The van der Waals surface area contributed by atoms with Gasteiger partial charge in [0.1, 0.15) is 4.83 Å². The minimum absolute atomic E-state index is 0.118. The second-order valence-electron chi connectivity index (χ2n) is 7.55. The molecule has 7 heteroatoms. The third kappa shape index (κ3) is 4.05. The Kier molecular flexibility index (Phi) is 5.64. The monoisotopic (exact) mass is 416 g/mol. The Labute approximate surface area is 171 Å². The number of aromatic nitrogens is 2. The number of aryl methyl sites for hydroxylation is 2. The highest BCUT2D eigenvalue weighted by molar-refractivity contribution is 7.18. The van der Waals surface area contributed by atoms with Crippen LogP contribution in [0.25, 0.3) is 10.2 Å². The normalized spacial score (nSPS) is 17.4. The largest absolute Gasteiger partial charge is 0.454 e. The molecule has 2 atom stereocenters. The number of nitrogens with zero attached hydrogens (tertiary/aromatic N) is 1. The summed E-state index contributed by atoms with van der Waals surface area (Å²) in [5.74, 6) is 0.815. The molecular weight excluding hydrogens is 392 g/mol. The lowest BCUT2D eigenvalue weighted by atomic mass is 9.89. The van der Waals surface area contributed by atoms with Crippen molar-refractivity contribution in [1.29, 1.82) is 0 Å². The Bertz CT molecular complexity index is 1040. The molecule has 0 aliphatic heterocycles. The highest BCUT2D eigenvalue weighted by atomic mass is 32.1. The Hall–Kier alpha value is -1.99. The minimum atomic E-state index is -0.565. The molecule has 28 heavy (non-hydrogen) atoms. The molecular formula is C21H24N2O3S2. The molecule has 0 fully saturated rings. The molecule has 0 saturated carbocycles. The second-order valence-corrected chi connectivity index (χ2v) is 9.66. The maximum Gasteiger partial charge on any atom is 0.306 e. The Morgan fingerprint density at radius 3 is 3.11 bits per heavy atom. The predicted octanol–water partition coefficient (Wildman–Crippen LogP) is 4.80. The van der Waals surface area contributed by atoms with Crippen LogP contribution in [-0.2, 0) is 28.8 Å². The van der Waals surface area contributed by atoms with Crippen LogP contribution in [0.15, 0.2) is 22.3 Å². The SMILES string of the molecule is C[C@H]1CCc2c(sc3nc([C@@H](C)OC(=O)CCCc4cccs4)[nH]c(=O)c23)C1. The summed E-state index contributed by atoms with van der Waals surface area (Å²) >= 11 is 3.31. The molecule has 1 N–H and O–H groups in total. The molecule has 148 valence electrons. The van der Waals surface area contributed by atoms with E-state index in [1.165, 1.54) is 9.75 Å². The van der Waals surface area contributed by atoms with Gasteiger partial charge in [0.25, 0.3) is 5.56 Å². The van der Waals surface area contributed by atoms with Gasteiger partial charge in [-0.05, 0) is 62.0 Å². The first-order valence-corrected chi connectivity index (χ1v) is 11.5. The maximum atomic E-state index is 12.7. The first-order valence-electron chi connectivity index (χ1n) is 9.77. The highest BCUT2D eigenvalue weighted by Gasteiger charge is 2.24. The standard InChI is InChI=1S/C21H24N2O3S2/c1-12-8-9-15-16(11-12)28-21-18(15)20(25)22-19(23-21)13(2)26-17(24)7-3-5-14-6-4-10-27-14/h4,6,10,12-13H,3,5,7-9,11H2,1-2H3,(H,22,23,25)/t12-,13+/m0/s1. The number of ether oxygens (including phenoxy) is 1. The molecule has 0 spiro atoms. The lowest BCUT2D eigenvalue weighted by Gasteiger charge is -2.17. The lowest BCUT2D eigenvalue weighted by molar-refractivity contribution is -0.149. The zero-order chi connectivity index (χ0) is 19.7. The molecule has 3 heterocycles. The Balaban J connectivity index is 1.44. The fourth-order valence-corrected chi connectivity index (χ4v) is 5.87. The number of hydrogen-bond donors (Lipinski definition) is 1. The van der Waals surface area contributed by atoms with Gasteiger partial charge in [0, 0.05) is 16.2 Å². The summed E-state index contributed by atoms with van der Waals surface area (Å²) in [7, 11) is 0. The van der Waals surface area contributed by atoms with Crippen LogP contribution in [0.3, 0.4) is 0 Å². The third-order valence-corrected chi connectivity index (χ3v) is 7.35. The van der Waals surface area contributed by atoms with Gasteiger partial charge in [-0.15, -0.1) is 22.7 Å². The Morgan fingerprint density at radius 1 is 1.46 bits per heavy atom. The molecule has 0 aromatic carbocycles. The number of nitrogens with one attached hydrogen (secondary N) is 1. The van der Waals surface area contributed by atoms with Crippen molar-refractivity contribution in [2.75, 3.05) is 0 Å². The zero-order valence-corrected chi connectivity index (χ0v) is 17.8. The van der Waals surface area contributed by atoms with E-state index in [4.69, 9.17) is 4.74 Å². The maximum absolute atomic E-state index is 12.7. The van der Waals surface area contributed by atoms with Gasteiger partial charge in [-0.3, -0.25) is 9.59 Å². The van der Waals surface area contributed by atoms with Crippen LogP contribution in [0, 0.1) is 5.92 Å². The number of thiophene rings is 2. The molecule has 1 aliphatic carbocycles. The lowest BCUT2D eigenvalue weighted by Crippen LogP contribution is -2.18. The number of carbonyl (C=O) groups excluding carboxylic acids is 1. The van der Waals surface area contributed by atoms with Crippen molar-refractivity contribution < 1.29 is 9.53 Å². The molecule has 0 unspecified atom stereocenters. The van der Waals surface area contributed by atoms with Gasteiger partial charge in [0.2, 0.25) is 0 Å². The summed E-state index contributed by atoms with van der Waals surface area (Å²) in [6.45, 7) is 4.01. The van der Waals surface area contributed by atoms with E-state index in [2.05, 4.69) is 23.0 Å². The number of rotatable bonds is 6. The van der Waals surface area contributed by atoms with Crippen molar-refractivity contribution in [2.24, 2.45) is 5.92 Å². The fourth-order valence-electron chi connectivity index (χ4n) is 3.73. The van der Waals surface area contributed by atoms with Crippen molar-refractivity contribution in [1.82, 2.24) is 9.97 Å². The molecule has 3 aromatic rings. The molecule has 0 radical (unpaired) electrons. The van der Waals surface area contributed by atoms with Crippen LogP contribution in [0.5, 0.6) is 0 Å². The van der Waals surface area contributed by atoms with Crippen LogP contribution >= 0.6 is 22.7 Å². The first kappa shape index (κ1) is 19.3. The van der Waals surface area contributed by atoms with Crippen molar-refractivity contribution in [2.45, 2.75) is 58.5 Å². The van der Waals surface area contributed by atoms with E-state index in [0.717, 1.165) is 47.9 Å². The van der Waals surface area contributed by atoms with Gasteiger partial charge in [-0.2, -0.15) is 0 Å². The van der Waals surface area contributed by atoms with Crippen molar-refractivity contribution in [3.8, 4) is 0 Å². The number of esters is 1. The average molecular weight is 417 g/mol. The molecule has 0 saturated heterocycles. The molecule has 0 amide bonds. The van der Waals surface area contributed by atoms with Crippen molar-refractivity contribution in [3.05, 3.63) is 49.0 Å². The van der Waals surface area contributed by atoms with Gasteiger partial charge in [0.05, 0.1) is 5.39 Å². The van der Waals surface area contributed by atoms with E-state index < -0.39 is 6.10 Å². The van der Waals surface area contributed by atoms with Crippen LogP contribution in [-0.4, -0.2) is 15.9 Å². The summed E-state index contributed by atoms with van der Waals surface area (Å²) in [6.07, 6.45) is 4.49. The number of carbonyl (C=O) groups is 1. The van der Waals surface area contributed by atoms with Crippen LogP contribution in [0.4, 0.5) is 0 Å². The van der Waals surface area contributed by atoms with E-state index in [1.807, 2.05) is 11.4 Å². The Morgan fingerprint density at radius 2 is 2.32 bits per heavy atom. The van der Waals surface area contributed by atoms with Crippen molar-refractivity contribution >= 4 is 38.9 Å². The zero-order valence-electron chi connectivity index (χ0n) is 16.1. The van der Waals surface area contributed by atoms with E-state index in [0.29, 0.717) is 18.2 Å². The molecule has 1 aliphatic rings. The van der Waals surface area contributed by atoms with E-state index >= 15 is 0 Å². The van der Waals surface area contributed by atoms with Gasteiger partial charge < -0.3 is 9.72 Å². The topological polar surface area (TPSA) is 72.0 Å². The summed E-state index contributed by atoms with van der Waals surface area (Å²) in [5.41, 5.74) is 1.05. The minimum Gasteiger partial charge on any atom is -0.454 e. The number of hydrogen-bond acceptors (Lipinski definition) is 6. The quantitative estimate of drug-likeness (QED) is 0.586. The molecule has 0 bridgehead atoms. The van der Waals surface area contributed by atoms with Crippen LogP contribution < -0.4 is 5.56 Å². The fraction of sp³-hybridized carbons (Fsp3) is 0.476. The number of fused-ring (bicyclic) bond motifs is 3. The van der Waals surface area contributed by atoms with Gasteiger partial charge in [0.15, 0.2) is 11.9 Å². The van der Waals surface area contributed by atoms with Crippen LogP contribution in [0.2, 0.25) is 0 Å². The third-order valence-electron chi connectivity index (χ3n) is 5.26. The number of H-pyrrole nitrogens is 1. The smallest absolute Gasteiger partial charge is 0.306 e. The van der Waals surface area contributed by atoms with Gasteiger partial charge in [-0.25, -0.2) is 4.98 Å². The predicted molar refractivity (Wildman–Crippen MR) is 113 cm³/mol. The summed E-state index contributed by atoms with van der Waals surface area (Å²) in [4.78, 5) is 35.6. The summed E-state index contributed by atoms with van der Waals surface area (Å²) in [6, 6.07) is 4.09. The molecule has 4 rings (SSSR count). The van der Waals surface area contributed by atoms with E-state index in [9.17, 15) is 9.59 Å². The number of aromatic amines is 1. The van der Waals surface area contributed by atoms with E-state index in [-0.39, 0.29) is 11.5 Å². The second kappa shape index (κ2) is 8.17. The summed E-state index contributed by atoms with van der Waals surface area (Å²) < 4.78 is 5.52. The van der Waals surface area contributed by atoms with Crippen LogP contribution in [0.1, 0.15) is 60.4 Å². The first-order chi connectivity index (χ1) is 13.5. The van der Waals surface area contributed by atoms with Gasteiger partial charge >= 0.3 is 5.97 Å². The molecule has 5 nitrogen and oxygen atoms in total. The van der Waals surface area contributed by atoms with Gasteiger partial charge in [-0.1, -0.05) is 13.0 Å². The van der Waals surface area contributed by atoms with E-state index in [1.54, 1.807) is 29.6 Å².